The van der Waals surface area contributed by atoms with Gasteiger partial charge in [0.05, 0.1) is 16.8 Å². The highest BCUT2D eigenvalue weighted by molar-refractivity contribution is 7.08. The number of fused-ring (bicyclic) bond motifs is 1. The van der Waals surface area contributed by atoms with Crippen molar-refractivity contribution in [1.29, 1.82) is 0 Å². The Morgan fingerprint density at radius 2 is 1.92 bits per heavy atom. The van der Waals surface area contributed by atoms with Gasteiger partial charge in [0.15, 0.2) is 11.6 Å². The number of carboxylic acid groups (broad SMARTS) is 1. The Labute approximate surface area is 146 Å². The molecule has 4 rings (SSSR count). The molecule has 25 heavy (non-hydrogen) atoms. The maximum Gasteiger partial charge on any atom is 0.338 e. The highest BCUT2D eigenvalue weighted by atomic mass is 32.1. The molecule has 4 aromatic rings. The molecular formula is C19H12FNO3S. The fourth-order valence-corrected chi connectivity index (χ4v) is 3.67. The molecule has 0 fully saturated rings. The number of hydrogen-bond acceptors (Lipinski definition) is 3. The second-order valence-corrected chi connectivity index (χ2v) is 6.31. The van der Waals surface area contributed by atoms with Crippen molar-refractivity contribution >= 4 is 28.2 Å². The molecule has 0 atom stereocenters. The highest BCUT2D eigenvalue weighted by Crippen LogP contribution is 2.37. The van der Waals surface area contributed by atoms with Gasteiger partial charge in [-0.25, -0.2) is 9.18 Å². The van der Waals surface area contributed by atoms with Crippen molar-refractivity contribution in [1.82, 2.24) is 4.57 Å². The van der Waals surface area contributed by atoms with Crippen molar-refractivity contribution < 1.29 is 19.4 Å². The predicted octanol–water partition coefficient (Wildman–Crippen LogP) is 4.90. The van der Waals surface area contributed by atoms with Crippen molar-refractivity contribution in [3.63, 3.8) is 0 Å². The molecule has 0 amide bonds. The Hall–Kier alpha value is -3.12. The van der Waals surface area contributed by atoms with E-state index in [4.69, 9.17) is 0 Å². The van der Waals surface area contributed by atoms with Crippen LogP contribution in [0.3, 0.4) is 0 Å². The third-order valence-corrected chi connectivity index (χ3v) is 4.76. The van der Waals surface area contributed by atoms with E-state index in [1.165, 1.54) is 23.5 Å². The summed E-state index contributed by atoms with van der Waals surface area (Å²) in [4.78, 5) is 12.0. The maximum atomic E-state index is 13.9. The van der Waals surface area contributed by atoms with E-state index >= 15 is 0 Å². The fourth-order valence-electron chi connectivity index (χ4n) is 3.03. The van der Waals surface area contributed by atoms with Gasteiger partial charge in [0.1, 0.15) is 0 Å². The summed E-state index contributed by atoms with van der Waals surface area (Å²) >= 11 is 1.45. The number of rotatable bonds is 3. The number of halogens is 1. The molecular weight excluding hydrogens is 341 g/mol. The molecule has 0 unspecified atom stereocenters. The lowest BCUT2D eigenvalue weighted by atomic mass is 10.1. The molecule has 4 nitrogen and oxygen atoms in total. The van der Waals surface area contributed by atoms with E-state index in [9.17, 15) is 19.4 Å². The molecule has 0 radical (unpaired) electrons. The fraction of sp³-hybridized carbons (Fsp3) is 0. The summed E-state index contributed by atoms with van der Waals surface area (Å²) in [6.07, 6.45) is 0. The number of phenols is 1. The first-order chi connectivity index (χ1) is 12.1. The molecule has 2 heterocycles. The Balaban J connectivity index is 2.17. The first kappa shape index (κ1) is 15.4. The maximum absolute atomic E-state index is 13.9. The Morgan fingerprint density at radius 1 is 1.12 bits per heavy atom. The number of para-hydroxylation sites is 1. The first-order valence-electron chi connectivity index (χ1n) is 7.46. The third-order valence-electron chi connectivity index (χ3n) is 4.07. The number of aromatic hydroxyl groups is 1. The van der Waals surface area contributed by atoms with Gasteiger partial charge in [0.25, 0.3) is 0 Å². The summed E-state index contributed by atoms with van der Waals surface area (Å²) in [5.74, 6) is -2.26. The largest absolute Gasteiger partial charge is 0.505 e. The molecule has 0 saturated carbocycles. The molecule has 0 saturated heterocycles. The van der Waals surface area contributed by atoms with Crippen LogP contribution in [0.1, 0.15) is 10.4 Å². The second kappa shape index (κ2) is 5.75. The molecule has 0 aliphatic carbocycles. The van der Waals surface area contributed by atoms with E-state index < -0.39 is 17.5 Å². The van der Waals surface area contributed by atoms with Crippen LogP contribution in [0, 0.1) is 5.82 Å². The number of carboxylic acids is 1. The lowest BCUT2D eigenvalue weighted by molar-refractivity contribution is 0.0700. The molecule has 2 aromatic carbocycles. The molecule has 0 spiro atoms. The number of benzene rings is 2. The van der Waals surface area contributed by atoms with E-state index in [-0.39, 0.29) is 5.56 Å². The molecule has 0 bridgehead atoms. The number of aromatic carboxylic acids is 1. The van der Waals surface area contributed by atoms with Gasteiger partial charge in [-0.2, -0.15) is 11.3 Å². The SMILES string of the molecule is O=C(O)c1c(-c2ccsc2)n(-c2ccc(O)c(F)c2)c2ccccc12. The minimum absolute atomic E-state index is 0.169. The van der Waals surface area contributed by atoms with Gasteiger partial charge in [-0.05, 0) is 29.6 Å². The zero-order valence-corrected chi connectivity index (χ0v) is 13.6. The summed E-state index contributed by atoms with van der Waals surface area (Å²) in [5.41, 5.74) is 2.50. The predicted molar refractivity (Wildman–Crippen MR) is 95.2 cm³/mol. The summed E-state index contributed by atoms with van der Waals surface area (Å²) in [6, 6.07) is 13.0. The van der Waals surface area contributed by atoms with Crippen molar-refractivity contribution in [3.05, 3.63) is 70.7 Å². The first-order valence-corrected chi connectivity index (χ1v) is 8.40. The van der Waals surface area contributed by atoms with Crippen LogP contribution in [0.25, 0.3) is 27.8 Å². The number of hydrogen-bond donors (Lipinski definition) is 2. The number of nitrogens with zero attached hydrogens (tertiary/aromatic N) is 1. The third kappa shape index (κ3) is 2.38. The van der Waals surface area contributed by atoms with E-state index in [0.29, 0.717) is 22.3 Å². The Bertz CT molecular complexity index is 1100. The van der Waals surface area contributed by atoms with Crippen LogP contribution in [-0.4, -0.2) is 20.7 Å². The van der Waals surface area contributed by atoms with Crippen LogP contribution in [0.4, 0.5) is 4.39 Å². The van der Waals surface area contributed by atoms with E-state index in [2.05, 4.69) is 0 Å². The van der Waals surface area contributed by atoms with Crippen molar-refractivity contribution in [2.75, 3.05) is 0 Å². The number of aromatic nitrogens is 1. The molecule has 124 valence electrons. The zero-order valence-electron chi connectivity index (χ0n) is 12.8. The van der Waals surface area contributed by atoms with Crippen LogP contribution in [-0.2, 0) is 0 Å². The van der Waals surface area contributed by atoms with Gasteiger partial charge < -0.3 is 14.8 Å². The van der Waals surface area contributed by atoms with Crippen LogP contribution in [0.2, 0.25) is 0 Å². The quantitative estimate of drug-likeness (QED) is 0.550. The number of carbonyl (C=O) groups is 1. The summed E-state index contributed by atoms with van der Waals surface area (Å²) in [6.45, 7) is 0. The van der Waals surface area contributed by atoms with Gasteiger partial charge in [0, 0.05) is 28.1 Å². The lowest BCUT2D eigenvalue weighted by Crippen LogP contribution is -2.02. The number of phenolic OH excluding ortho intramolecular Hbond substituents is 1. The van der Waals surface area contributed by atoms with Crippen LogP contribution >= 0.6 is 11.3 Å². The van der Waals surface area contributed by atoms with Crippen LogP contribution in [0.15, 0.2) is 59.3 Å². The monoisotopic (exact) mass is 353 g/mol. The van der Waals surface area contributed by atoms with Crippen molar-refractivity contribution in [2.45, 2.75) is 0 Å². The average Bonchev–Trinajstić information content (AvgIpc) is 3.22. The smallest absolute Gasteiger partial charge is 0.338 e. The van der Waals surface area contributed by atoms with Crippen molar-refractivity contribution in [2.24, 2.45) is 0 Å². The topological polar surface area (TPSA) is 62.5 Å². The van der Waals surface area contributed by atoms with E-state index in [1.807, 2.05) is 16.8 Å². The Morgan fingerprint density at radius 3 is 2.60 bits per heavy atom. The Kier molecular flexibility index (Phi) is 3.54. The summed E-state index contributed by atoms with van der Waals surface area (Å²) < 4.78 is 15.6. The molecule has 2 N–H and O–H groups in total. The minimum atomic E-state index is -1.05. The van der Waals surface area contributed by atoms with Gasteiger partial charge in [-0.15, -0.1) is 0 Å². The van der Waals surface area contributed by atoms with E-state index in [1.54, 1.807) is 34.9 Å². The number of thiophene rings is 1. The summed E-state index contributed by atoms with van der Waals surface area (Å²) in [5, 5.41) is 23.6. The highest BCUT2D eigenvalue weighted by Gasteiger charge is 2.24. The zero-order chi connectivity index (χ0) is 17.6. The van der Waals surface area contributed by atoms with Crippen LogP contribution in [0.5, 0.6) is 5.75 Å². The normalized spacial score (nSPS) is 11.1. The van der Waals surface area contributed by atoms with Gasteiger partial charge in [-0.3, -0.25) is 0 Å². The second-order valence-electron chi connectivity index (χ2n) is 5.53. The minimum Gasteiger partial charge on any atom is -0.505 e. The van der Waals surface area contributed by atoms with Gasteiger partial charge in [-0.1, -0.05) is 18.2 Å². The standard InChI is InChI=1S/C19H12FNO3S/c20-14-9-12(5-6-16(14)22)21-15-4-2-1-3-13(15)17(19(23)24)18(21)11-7-8-25-10-11/h1-10,22H,(H,23,24). The summed E-state index contributed by atoms with van der Waals surface area (Å²) in [7, 11) is 0. The molecule has 2 aromatic heterocycles. The van der Waals surface area contributed by atoms with Crippen molar-refractivity contribution in [3.8, 4) is 22.7 Å². The van der Waals surface area contributed by atoms with Crippen LogP contribution < -0.4 is 0 Å². The molecule has 0 aliphatic rings. The molecule has 6 heteroatoms. The lowest BCUT2D eigenvalue weighted by Gasteiger charge is -2.11. The average molecular weight is 353 g/mol. The van der Waals surface area contributed by atoms with Gasteiger partial charge in [0.2, 0.25) is 0 Å². The van der Waals surface area contributed by atoms with Gasteiger partial charge >= 0.3 is 5.97 Å². The van der Waals surface area contributed by atoms with E-state index in [0.717, 1.165) is 5.56 Å². The molecule has 0 aliphatic heterocycles.